The lowest BCUT2D eigenvalue weighted by molar-refractivity contribution is -0.144. The molecular formula is C15H18ClN3O4S. The van der Waals surface area contributed by atoms with E-state index in [-0.39, 0.29) is 36.9 Å². The zero-order chi connectivity index (χ0) is 17.9. The normalized spacial score (nSPS) is 9.75. The van der Waals surface area contributed by atoms with Gasteiger partial charge in [-0.25, -0.2) is 0 Å². The van der Waals surface area contributed by atoms with E-state index in [0.717, 1.165) is 5.56 Å². The average molecular weight is 372 g/mol. The lowest BCUT2D eigenvalue weighted by Crippen LogP contribution is -2.48. The van der Waals surface area contributed by atoms with Crippen LogP contribution in [0.2, 0.25) is 5.02 Å². The number of benzene rings is 1. The molecule has 130 valence electrons. The van der Waals surface area contributed by atoms with Crippen molar-refractivity contribution in [2.45, 2.75) is 26.2 Å². The number of nitrogens with one attached hydrogen (secondary N) is 3. The van der Waals surface area contributed by atoms with Crippen LogP contribution >= 0.6 is 23.8 Å². The number of halogens is 1. The SMILES string of the molecule is CCOC(=O)CCC(=O)NC(=S)NNC(=O)Cc1ccc(Cl)cc1. The summed E-state index contributed by atoms with van der Waals surface area (Å²) in [5.74, 6) is -1.24. The van der Waals surface area contributed by atoms with Crippen molar-refractivity contribution in [2.24, 2.45) is 0 Å². The molecule has 0 bridgehead atoms. The Morgan fingerprint density at radius 3 is 2.38 bits per heavy atom. The number of hydrogen-bond donors (Lipinski definition) is 3. The summed E-state index contributed by atoms with van der Waals surface area (Å²) in [6, 6.07) is 6.84. The van der Waals surface area contributed by atoms with E-state index >= 15 is 0 Å². The Morgan fingerprint density at radius 2 is 1.75 bits per heavy atom. The molecule has 0 saturated heterocycles. The summed E-state index contributed by atoms with van der Waals surface area (Å²) in [6.45, 7) is 1.95. The molecule has 0 unspecified atom stereocenters. The molecule has 0 aliphatic carbocycles. The number of hydrogen-bond acceptors (Lipinski definition) is 5. The van der Waals surface area contributed by atoms with E-state index in [1.165, 1.54) is 0 Å². The molecule has 0 atom stereocenters. The maximum absolute atomic E-state index is 11.7. The molecule has 0 heterocycles. The molecule has 0 spiro atoms. The maximum atomic E-state index is 11.7. The number of amides is 2. The molecular weight excluding hydrogens is 354 g/mol. The van der Waals surface area contributed by atoms with Gasteiger partial charge in [0.15, 0.2) is 5.11 Å². The average Bonchev–Trinajstić information content (AvgIpc) is 2.53. The highest BCUT2D eigenvalue weighted by molar-refractivity contribution is 7.80. The smallest absolute Gasteiger partial charge is 0.306 e. The molecule has 0 radical (unpaired) electrons. The minimum atomic E-state index is -0.456. The summed E-state index contributed by atoms with van der Waals surface area (Å²) < 4.78 is 4.71. The van der Waals surface area contributed by atoms with Gasteiger partial charge in [0.2, 0.25) is 11.8 Å². The molecule has 1 aromatic carbocycles. The monoisotopic (exact) mass is 371 g/mol. The first-order valence-corrected chi connectivity index (χ1v) is 7.98. The van der Waals surface area contributed by atoms with Crippen LogP contribution in [-0.2, 0) is 25.5 Å². The van der Waals surface area contributed by atoms with E-state index in [9.17, 15) is 14.4 Å². The van der Waals surface area contributed by atoms with Crippen molar-refractivity contribution >= 4 is 46.7 Å². The molecule has 0 aliphatic heterocycles. The number of carbonyl (C=O) groups excluding carboxylic acids is 3. The molecule has 0 aromatic heterocycles. The summed E-state index contributed by atoms with van der Waals surface area (Å²) in [5.41, 5.74) is 5.56. The highest BCUT2D eigenvalue weighted by Crippen LogP contribution is 2.09. The van der Waals surface area contributed by atoms with Gasteiger partial charge in [-0.3, -0.25) is 25.2 Å². The topological polar surface area (TPSA) is 96.5 Å². The highest BCUT2D eigenvalue weighted by Gasteiger charge is 2.10. The minimum absolute atomic E-state index is 0.0365. The second kappa shape index (κ2) is 10.6. The van der Waals surface area contributed by atoms with Crippen LogP contribution in [0.3, 0.4) is 0 Å². The standard InChI is InChI=1S/C15H18ClN3O4S/c1-2-23-14(22)8-7-12(20)17-15(24)19-18-13(21)9-10-3-5-11(16)6-4-10/h3-6H,2,7-9H2,1H3,(H,18,21)(H2,17,19,20,24). The van der Waals surface area contributed by atoms with Gasteiger partial charge in [-0.15, -0.1) is 0 Å². The fraction of sp³-hybridized carbons (Fsp3) is 0.333. The fourth-order valence-corrected chi connectivity index (χ4v) is 1.92. The Labute approximate surface area is 150 Å². The van der Waals surface area contributed by atoms with Crippen LogP contribution in [0.1, 0.15) is 25.3 Å². The van der Waals surface area contributed by atoms with Crippen molar-refractivity contribution in [1.29, 1.82) is 0 Å². The van der Waals surface area contributed by atoms with Gasteiger partial charge in [-0.2, -0.15) is 0 Å². The summed E-state index contributed by atoms with van der Waals surface area (Å²) in [5, 5.41) is 2.87. The van der Waals surface area contributed by atoms with E-state index in [1.54, 1.807) is 31.2 Å². The van der Waals surface area contributed by atoms with Gasteiger partial charge in [-0.05, 0) is 36.8 Å². The van der Waals surface area contributed by atoms with Crippen molar-refractivity contribution in [1.82, 2.24) is 16.2 Å². The lowest BCUT2D eigenvalue weighted by atomic mass is 10.1. The third-order valence-electron chi connectivity index (χ3n) is 2.71. The Balaban J connectivity index is 2.25. The first kappa shape index (κ1) is 19.9. The predicted molar refractivity (Wildman–Crippen MR) is 93.0 cm³/mol. The van der Waals surface area contributed by atoms with Crippen LogP contribution in [-0.4, -0.2) is 29.5 Å². The second-order valence-electron chi connectivity index (χ2n) is 4.66. The molecule has 1 aromatic rings. The first-order chi connectivity index (χ1) is 11.4. The Morgan fingerprint density at radius 1 is 1.08 bits per heavy atom. The van der Waals surface area contributed by atoms with Crippen molar-refractivity contribution < 1.29 is 19.1 Å². The van der Waals surface area contributed by atoms with Crippen LogP contribution < -0.4 is 16.2 Å². The molecule has 1 rings (SSSR count). The highest BCUT2D eigenvalue weighted by atomic mass is 35.5. The van der Waals surface area contributed by atoms with Gasteiger partial charge in [0, 0.05) is 11.4 Å². The Kier molecular flexibility index (Phi) is 8.74. The van der Waals surface area contributed by atoms with E-state index in [0.29, 0.717) is 5.02 Å². The summed E-state index contributed by atoms with van der Waals surface area (Å²) in [7, 11) is 0. The van der Waals surface area contributed by atoms with Crippen molar-refractivity contribution in [2.75, 3.05) is 6.61 Å². The maximum Gasteiger partial charge on any atom is 0.306 e. The Hall–Kier alpha value is -2.19. The van der Waals surface area contributed by atoms with Crippen LogP contribution in [0, 0.1) is 0 Å². The first-order valence-electron chi connectivity index (χ1n) is 7.19. The zero-order valence-corrected chi connectivity index (χ0v) is 14.6. The number of rotatable bonds is 6. The number of thiocarbonyl (C=S) groups is 1. The molecule has 0 fully saturated rings. The molecule has 0 saturated carbocycles. The van der Waals surface area contributed by atoms with E-state index in [2.05, 4.69) is 16.2 Å². The number of hydrazine groups is 1. The summed E-state index contributed by atoms with van der Waals surface area (Å²) in [6.07, 6.45) is 0.0359. The van der Waals surface area contributed by atoms with Gasteiger partial charge >= 0.3 is 5.97 Å². The molecule has 24 heavy (non-hydrogen) atoms. The molecule has 9 heteroatoms. The largest absolute Gasteiger partial charge is 0.466 e. The third-order valence-corrected chi connectivity index (χ3v) is 3.16. The van der Waals surface area contributed by atoms with Crippen molar-refractivity contribution in [3.8, 4) is 0 Å². The summed E-state index contributed by atoms with van der Waals surface area (Å²) >= 11 is 10.6. The van der Waals surface area contributed by atoms with Crippen LogP contribution in [0.5, 0.6) is 0 Å². The molecule has 7 nitrogen and oxygen atoms in total. The van der Waals surface area contributed by atoms with Gasteiger partial charge in [0.1, 0.15) is 0 Å². The van der Waals surface area contributed by atoms with E-state index in [1.807, 2.05) is 0 Å². The predicted octanol–water partition coefficient (Wildman–Crippen LogP) is 1.25. The lowest BCUT2D eigenvalue weighted by Gasteiger charge is -2.10. The minimum Gasteiger partial charge on any atom is -0.466 e. The number of esters is 1. The fourth-order valence-electron chi connectivity index (χ4n) is 1.63. The van der Waals surface area contributed by atoms with Crippen LogP contribution in [0.25, 0.3) is 0 Å². The van der Waals surface area contributed by atoms with Crippen LogP contribution in [0.4, 0.5) is 0 Å². The molecule has 2 amide bonds. The Bertz CT molecular complexity index is 607. The molecule has 3 N–H and O–H groups in total. The van der Waals surface area contributed by atoms with Crippen molar-refractivity contribution in [3.63, 3.8) is 0 Å². The van der Waals surface area contributed by atoms with E-state index in [4.69, 9.17) is 28.6 Å². The number of ether oxygens (including phenoxy) is 1. The van der Waals surface area contributed by atoms with Gasteiger partial charge in [-0.1, -0.05) is 23.7 Å². The summed E-state index contributed by atoms with van der Waals surface area (Å²) in [4.78, 5) is 34.4. The van der Waals surface area contributed by atoms with Gasteiger partial charge in [0.25, 0.3) is 0 Å². The quantitative estimate of drug-likeness (QED) is 0.395. The van der Waals surface area contributed by atoms with E-state index < -0.39 is 11.9 Å². The van der Waals surface area contributed by atoms with Gasteiger partial charge < -0.3 is 10.1 Å². The zero-order valence-electron chi connectivity index (χ0n) is 13.1. The van der Waals surface area contributed by atoms with Crippen LogP contribution in [0.15, 0.2) is 24.3 Å². The number of carbonyl (C=O) groups is 3. The molecule has 0 aliphatic rings. The van der Waals surface area contributed by atoms with Gasteiger partial charge in [0.05, 0.1) is 19.4 Å². The van der Waals surface area contributed by atoms with Crippen molar-refractivity contribution in [3.05, 3.63) is 34.9 Å². The second-order valence-corrected chi connectivity index (χ2v) is 5.50. The third kappa shape index (κ3) is 8.44.